The molecule has 0 spiro atoms. The molecule has 0 saturated heterocycles. The maximum absolute atomic E-state index is 12.3. The van der Waals surface area contributed by atoms with Gasteiger partial charge in [-0.15, -0.1) is 0 Å². The minimum atomic E-state index is -0.0357. The van der Waals surface area contributed by atoms with Gasteiger partial charge < -0.3 is 5.32 Å². The predicted octanol–water partition coefficient (Wildman–Crippen LogP) is 5.15. The molecule has 4 rings (SSSR count). The number of nitrogens with one attached hydrogen (secondary N) is 1. The van der Waals surface area contributed by atoms with Gasteiger partial charge in [0.05, 0.1) is 0 Å². The zero-order chi connectivity index (χ0) is 16.5. The van der Waals surface area contributed by atoms with Crippen molar-refractivity contribution in [1.29, 1.82) is 0 Å². The molecular weight excluding hydrogens is 294 g/mol. The van der Waals surface area contributed by atoms with Crippen LogP contribution in [0.3, 0.4) is 0 Å². The third-order valence-electron chi connectivity index (χ3n) is 4.36. The van der Waals surface area contributed by atoms with E-state index in [9.17, 15) is 4.79 Å². The van der Waals surface area contributed by atoms with Crippen molar-refractivity contribution in [3.8, 4) is 11.1 Å². The summed E-state index contributed by atoms with van der Waals surface area (Å²) in [5, 5.41) is 2.94. The monoisotopic (exact) mass is 311 g/mol. The molecule has 1 amide bonds. The molecule has 0 aliphatic carbocycles. The predicted molar refractivity (Wildman–Crippen MR) is 99.6 cm³/mol. The quantitative estimate of drug-likeness (QED) is 0.651. The van der Waals surface area contributed by atoms with Crippen molar-refractivity contribution in [1.82, 2.24) is 0 Å². The van der Waals surface area contributed by atoms with Crippen molar-refractivity contribution in [3.63, 3.8) is 0 Å². The first-order valence-electron chi connectivity index (χ1n) is 8.01. The molecule has 0 aromatic heterocycles. The number of amides is 1. The molecule has 0 saturated carbocycles. The molecule has 0 unspecified atom stereocenters. The van der Waals surface area contributed by atoms with Crippen LogP contribution in [0.25, 0.3) is 22.8 Å². The lowest BCUT2D eigenvalue weighted by Crippen LogP contribution is -2.03. The average molecular weight is 311 g/mol. The van der Waals surface area contributed by atoms with Crippen molar-refractivity contribution in [2.75, 3.05) is 5.32 Å². The molecule has 1 heterocycles. The smallest absolute Gasteiger partial charge is 0.256 e. The number of rotatable bonds is 2. The lowest BCUT2D eigenvalue weighted by atomic mass is 9.98. The van der Waals surface area contributed by atoms with Crippen molar-refractivity contribution >= 4 is 23.2 Å². The fraction of sp³-hybridized carbons (Fsp3) is 0.0455. The molecular formula is C22H17NO. The largest absolute Gasteiger partial charge is 0.321 e. The Morgan fingerprint density at radius 3 is 2.25 bits per heavy atom. The van der Waals surface area contributed by atoms with Crippen LogP contribution in [0, 0.1) is 6.92 Å². The third-order valence-corrected chi connectivity index (χ3v) is 4.36. The van der Waals surface area contributed by atoms with Crippen LogP contribution in [0.15, 0.2) is 72.8 Å². The van der Waals surface area contributed by atoms with Gasteiger partial charge in [-0.3, -0.25) is 4.79 Å². The van der Waals surface area contributed by atoms with E-state index in [-0.39, 0.29) is 5.91 Å². The first-order chi connectivity index (χ1) is 11.7. The van der Waals surface area contributed by atoms with Gasteiger partial charge in [0.1, 0.15) is 0 Å². The number of carbonyl (C=O) groups excluding carboxylic acids is 1. The van der Waals surface area contributed by atoms with Crippen LogP contribution in [0.2, 0.25) is 0 Å². The van der Waals surface area contributed by atoms with Crippen LogP contribution in [0.5, 0.6) is 0 Å². The molecule has 24 heavy (non-hydrogen) atoms. The number of benzene rings is 3. The maximum Gasteiger partial charge on any atom is 0.256 e. The van der Waals surface area contributed by atoms with Crippen molar-refractivity contribution in [3.05, 3.63) is 89.5 Å². The summed E-state index contributed by atoms with van der Waals surface area (Å²) in [5.41, 5.74) is 7.13. The Morgan fingerprint density at radius 1 is 0.792 bits per heavy atom. The van der Waals surface area contributed by atoms with E-state index in [2.05, 4.69) is 41.7 Å². The van der Waals surface area contributed by atoms with E-state index in [1.54, 1.807) is 0 Å². The summed E-state index contributed by atoms with van der Waals surface area (Å²) in [6.07, 6.45) is 1.96. The van der Waals surface area contributed by atoms with Crippen LogP contribution in [-0.2, 0) is 4.79 Å². The Balaban J connectivity index is 1.71. The summed E-state index contributed by atoms with van der Waals surface area (Å²) in [4.78, 5) is 12.3. The van der Waals surface area contributed by atoms with E-state index in [1.165, 1.54) is 11.1 Å². The third kappa shape index (κ3) is 2.52. The van der Waals surface area contributed by atoms with Gasteiger partial charge in [-0.25, -0.2) is 0 Å². The lowest BCUT2D eigenvalue weighted by Gasteiger charge is -2.04. The number of hydrogen-bond donors (Lipinski definition) is 1. The number of carbonyl (C=O) groups is 1. The Kier molecular flexibility index (Phi) is 3.51. The molecule has 2 nitrogen and oxygen atoms in total. The Labute approximate surface area is 141 Å². The molecule has 1 aliphatic rings. The van der Waals surface area contributed by atoms with Gasteiger partial charge >= 0.3 is 0 Å². The second-order valence-electron chi connectivity index (χ2n) is 6.00. The molecule has 0 radical (unpaired) electrons. The second kappa shape index (κ2) is 5.82. The van der Waals surface area contributed by atoms with Crippen LogP contribution >= 0.6 is 0 Å². The van der Waals surface area contributed by atoms with Crippen molar-refractivity contribution < 1.29 is 4.79 Å². The van der Waals surface area contributed by atoms with E-state index in [0.717, 1.165) is 28.0 Å². The minimum Gasteiger partial charge on any atom is -0.321 e. The zero-order valence-electron chi connectivity index (χ0n) is 13.4. The zero-order valence-corrected chi connectivity index (χ0v) is 13.4. The first kappa shape index (κ1) is 14.5. The molecule has 0 atom stereocenters. The first-order valence-corrected chi connectivity index (χ1v) is 8.01. The number of fused-ring (bicyclic) bond motifs is 1. The summed E-state index contributed by atoms with van der Waals surface area (Å²) in [7, 11) is 0. The summed E-state index contributed by atoms with van der Waals surface area (Å²) in [5.74, 6) is -0.0357. The van der Waals surface area contributed by atoms with Gasteiger partial charge in [0.15, 0.2) is 0 Å². The van der Waals surface area contributed by atoms with Crippen LogP contribution < -0.4 is 5.32 Å². The van der Waals surface area contributed by atoms with Crippen LogP contribution in [-0.4, -0.2) is 5.91 Å². The van der Waals surface area contributed by atoms with E-state index in [4.69, 9.17) is 0 Å². The second-order valence-corrected chi connectivity index (χ2v) is 6.00. The SMILES string of the molecule is Cc1cccc2c1/C(=C/c1ccc(-c3ccccc3)cc1)C(=O)N2. The summed E-state index contributed by atoms with van der Waals surface area (Å²) >= 11 is 0. The normalized spacial score (nSPS) is 14.5. The fourth-order valence-corrected chi connectivity index (χ4v) is 3.14. The molecule has 2 heteroatoms. The van der Waals surface area contributed by atoms with Gasteiger partial charge in [0.25, 0.3) is 5.91 Å². The average Bonchev–Trinajstić information content (AvgIpc) is 2.93. The Hall–Kier alpha value is -3.13. The number of anilines is 1. The highest BCUT2D eigenvalue weighted by Gasteiger charge is 2.25. The van der Waals surface area contributed by atoms with E-state index in [1.807, 2.05) is 49.4 Å². The van der Waals surface area contributed by atoms with Crippen molar-refractivity contribution in [2.45, 2.75) is 6.92 Å². The van der Waals surface area contributed by atoms with Crippen LogP contribution in [0.1, 0.15) is 16.7 Å². The number of aryl methyl sites for hydroxylation is 1. The van der Waals surface area contributed by atoms with E-state index in [0.29, 0.717) is 0 Å². The van der Waals surface area contributed by atoms with Gasteiger partial charge in [0, 0.05) is 16.8 Å². The Morgan fingerprint density at radius 2 is 1.50 bits per heavy atom. The van der Waals surface area contributed by atoms with Gasteiger partial charge in [-0.05, 0) is 41.3 Å². The molecule has 1 N–H and O–H groups in total. The molecule has 3 aromatic carbocycles. The molecule has 1 aliphatic heterocycles. The molecule has 3 aromatic rings. The fourth-order valence-electron chi connectivity index (χ4n) is 3.14. The lowest BCUT2D eigenvalue weighted by molar-refractivity contribution is -0.110. The molecule has 0 bridgehead atoms. The minimum absolute atomic E-state index is 0.0357. The van der Waals surface area contributed by atoms with Gasteiger partial charge in [-0.1, -0.05) is 66.7 Å². The summed E-state index contributed by atoms with van der Waals surface area (Å²) < 4.78 is 0. The highest BCUT2D eigenvalue weighted by molar-refractivity contribution is 6.35. The number of hydrogen-bond acceptors (Lipinski definition) is 1. The van der Waals surface area contributed by atoms with Crippen LogP contribution in [0.4, 0.5) is 5.69 Å². The topological polar surface area (TPSA) is 29.1 Å². The highest BCUT2D eigenvalue weighted by atomic mass is 16.2. The molecule has 0 fully saturated rings. The molecule has 116 valence electrons. The van der Waals surface area contributed by atoms with Gasteiger partial charge in [-0.2, -0.15) is 0 Å². The Bertz CT molecular complexity index is 937. The highest BCUT2D eigenvalue weighted by Crippen LogP contribution is 2.35. The summed E-state index contributed by atoms with van der Waals surface area (Å²) in [6, 6.07) is 24.5. The van der Waals surface area contributed by atoms with E-state index >= 15 is 0 Å². The van der Waals surface area contributed by atoms with Crippen molar-refractivity contribution in [2.24, 2.45) is 0 Å². The standard InChI is InChI=1S/C22H17NO/c1-15-6-5-9-20-21(15)19(22(24)23-20)14-16-10-12-18(13-11-16)17-7-3-2-4-8-17/h2-14H,1H3,(H,23,24)/b19-14-. The van der Waals surface area contributed by atoms with Gasteiger partial charge in [0.2, 0.25) is 0 Å². The van der Waals surface area contributed by atoms with E-state index < -0.39 is 0 Å². The summed E-state index contributed by atoms with van der Waals surface area (Å²) in [6.45, 7) is 2.03. The maximum atomic E-state index is 12.3.